The average Bonchev–Trinajstić information content (AvgIpc) is 4.10. The highest BCUT2D eigenvalue weighted by Gasteiger charge is 2.21. The van der Waals surface area contributed by atoms with Crippen molar-refractivity contribution in [2.45, 2.75) is 105 Å². The van der Waals surface area contributed by atoms with Crippen molar-refractivity contribution >= 4 is 33.1 Å². The molecular weight excluding hydrogens is 973 g/mol. The molecule has 6 nitrogen and oxygen atoms in total. The van der Waals surface area contributed by atoms with Crippen LogP contribution in [-0.2, 0) is 25.7 Å². The van der Waals surface area contributed by atoms with Crippen molar-refractivity contribution in [1.29, 1.82) is 0 Å². The number of nitrogens with zero attached hydrogens (tertiary/aromatic N) is 6. The van der Waals surface area contributed by atoms with E-state index in [0.29, 0.717) is 0 Å². The van der Waals surface area contributed by atoms with E-state index in [1.165, 1.54) is 84.7 Å². The molecule has 12 rings (SSSR count). The van der Waals surface area contributed by atoms with Gasteiger partial charge in [-0.3, -0.25) is 9.13 Å². The molecule has 0 aliphatic heterocycles. The number of imidazole rings is 2. The van der Waals surface area contributed by atoms with Gasteiger partial charge in [-0.05, 0) is 157 Å². The topological polar surface area (TPSA) is 61.4 Å². The molecule has 0 unspecified atom stereocenters. The van der Waals surface area contributed by atoms with Crippen LogP contribution in [0, 0.1) is 0 Å². The summed E-state index contributed by atoms with van der Waals surface area (Å²) in [4.78, 5) is 21.3. The van der Waals surface area contributed by atoms with Gasteiger partial charge in [0.25, 0.3) is 0 Å². The van der Waals surface area contributed by atoms with Crippen LogP contribution in [-0.4, -0.2) is 29.1 Å². The number of rotatable bonds is 20. The molecule has 0 amide bonds. The number of fused-ring (bicyclic) bond motifs is 3. The highest BCUT2D eigenvalue weighted by molar-refractivity contribution is 5.89. The zero-order valence-electron chi connectivity index (χ0n) is 46.8. The Labute approximate surface area is 471 Å². The van der Waals surface area contributed by atoms with Gasteiger partial charge in [-0.2, -0.15) is 0 Å². The normalized spacial score (nSPS) is 11.6. The maximum absolute atomic E-state index is 5.37. The first-order valence-corrected chi connectivity index (χ1v) is 29.4. The first-order valence-electron chi connectivity index (χ1n) is 29.4. The van der Waals surface area contributed by atoms with Crippen LogP contribution in [0.3, 0.4) is 0 Å². The minimum Gasteiger partial charge on any atom is -0.292 e. The lowest BCUT2D eigenvalue weighted by Crippen LogP contribution is -1.99. The second-order valence-electron chi connectivity index (χ2n) is 21.6. The predicted molar refractivity (Wildman–Crippen MR) is 336 cm³/mol. The Morgan fingerprint density at radius 2 is 0.562 bits per heavy atom. The summed E-state index contributed by atoms with van der Waals surface area (Å²) in [6.45, 7) is 9.11. The van der Waals surface area contributed by atoms with Gasteiger partial charge in [-0.25, -0.2) is 19.9 Å². The van der Waals surface area contributed by atoms with Gasteiger partial charge in [0, 0.05) is 33.6 Å². The van der Waals surface area contributed by atoms with E-state index in [-0.39, 0.29) is 0 Å². The Morgan fingerprint density at radius 1 is 0.275 bits per heavy atom. The number of hydrogen-bond donors (Lipinski definition) is 0. The molecule has 0 spiro atoms. The maximum Gasteiger partial charge on any atom is 0.145 e. The first-order chi connectivity index (χ1) is 39.5. The fourth-order valence-electron chi connectivity index (χ4n) is 11.6. The Kier molecular flexibility index (Phi) is 15.4. The van der Waals surface area contributed by atoms with Gasteiger partial charge < -0.3 is 0 Å². The van der Waals surface area contributed by atoms with Crippen LogP contribution in [0.25, 0.3) is 112 Å². The molecule has 0 saturated heterocycles. The van der Waals surface area contributed by atoms with Crippen LogP contribution in [0.15, 0.2) is 206 Å². The number of aromatic nitrogens is 6. The lowest BCUT2D eigenvalue weighted by atomic mass is 9.97. The minimum atomic E-state index is 0.856. The third-order valence-electron chi connectivity index (χ3n) is 16.0. The molecule has 6 heteroatoms. The van der Waals surface area contributed by atoms with Crippen LogP contribution < -0.4 is 0 Å². The van der Waals surface area contributed by atoms with Gasteiger partial charge in [0.1, 0.15) is 11.6 Å². The van der Waals surface area contributed by atoms with E-state index in [4.69, 9.17) is 19.9 Å². The lowest BCUT2D eigenvalue weighted by molar-refractivity contribution is 0.759. The van der Waals surface area contributed by atoms with Crippen LogP contribution in [0.2, 0.25) is 0 Å². The molecule has 0 fully saturated rings. The van der Waals surface area contributed by atoms with Crippen molar-refractivity contribution in [1.82, 2.24) is 29.1 Å². The van der Waals surface area contributed by atoms with E-state index < -0.39 is 0 Å². The summed E-state index contributed by atoms with van der Waals surface area (Å²) < 4.78 is 4.70. The molecule has 0 N–H and O–H groups in total. The van der Waals surface area contributed by atoms with Gasteiger partial charge in [-0.1, -0.05) is 199 Å². The molecular formula is C74H70N6. The molecule has 9 aromatic carbocycles. The third-order valence-corrected chi connectivity index (χ3v) is 16.0. The molecule has 396 valence electrons. The zero-order valence-corrected chi connectivity index (χ0v) is 46.8. The molecule has 3 heterocycles. The molecule has 0 saturated carbocycles. The van der Waals surface area contributed by atoms with Gasteiger partial charge >= 0.3 is 0 Å². The van der Waals surface area contributed by atoms with Crippen molar-refractivity contribution in [3.8, 4) is 78.9 Å². The quantitative estimate of drug-likeness (QED) is 0.0763. The first kappa shape index (κ1) is 52.0. The number of para-hydroxylation sites is 4. The van der Waals surface area contributed by atoms with Crippen molar-refractivity contribution < 1.29 is 0 Å². The van der Waals surface area contributed by atoms with Crippen LogP contribution in [0.1, 0.15) is 101 Å². The second kappa shape index (κ2) is 23.7. The molecule has 0 aliphatic carbocycles. The molecule has 12 aromatic rings. The monoisotopic (exact) mass is 1040 g/mol. The smallest absolute Gasteiger partial charge is 0.145 e. The van der Waals surface area contributed by atoms with Crippen molar-refractivity contribution in [3.05, 3.63) is 229 Å². The summed E-state index contributed by atoms with van der Waals surface area (Å²) in [7, 11) is 0. The highest BCUT2D eigenvalue weighted by atomic mass is 15.1. The Balaban J connectivity index is 0.831. The Morgan fingerprint density at radius 3 is 0.887 bits per heavy atom. The summed E-state index contributed by atoms with van der Waals surface area (Å²) >= 11 is 0. The summed E-state index contributed by atoms with van der Waals surface area (Å²) in [6.07, 6.45) is 13.8. The summed E-state index contributed by atoms with van der Waals surface area (Å²) in [5.74, 6) is 1.92. The van der Waals surface area contributed by atoms with E-state index >= 15 is 0 Å². The summed E-state index contributed by atoms with van der Waals surface area (Å²) in [5.41, 5.74) is 24.7. The average molecular weight is 1040 g/mol. The minimum absolute atomic E-state index is 0.856. The summed E-state index contributed by atoms with van der Waals surface area (Å²) in [6, 6.07) is 74.5. The number of hydrogen-bond acceptors (Lipinski definition) is 4. The van der Waals surface area contributed by atoms with Gasteiger partial charge in [0.05, 0.1) is 44.5 Å². The van der Waals surface area contributed by atoms with Crippen molar-refractivity contribution in [2.75, 3.05) is 0 Å². The van der Waals surface area contributed by atoms with E-state index in [0.717, 1.165) is 127 Å². The number of unbranched alkanes of at least 4 members (excludes halogenated alkanes) is 4. The molecule has 0 bridgehead atoms. The molecule has 3 aromatic heterocycles. The highest BCUT2D eigenvalue weighted by Crippen LogP contribution is 2.38. The summed E-state index contributed by atoms with van der Waals surface area (Å²) in [5, 5.41) is 0. The third kappa shape index (κ3) is 10.6. The van der Waals surface area contributed by atoms with E-state index in [9.17, 15) is 0 Å². The van der Waals surface area contributed by atoms with Gasteiger partial charge in [-0.15, -0.1) is 0 Å². The van der Waals surface area contributed by atoms with E-state index in [1.807, 2.05) is 24.3 Å². The maximum atomic E-state index is 5.37. The lowest BCUT2D eigenvalue weighted by Gasteiger charge is -2.13. The Bertz CT molecular complexity index is 3790. The molecule has 80 heavy (non-hydrogen) atoms. The van der Waals surface area contributed by atoms with E-state index in [1.54, 1.807) is 0 Å². The zero-order chi connectivity index (χ0) is 54.4. The number of benzene rings is 9. The predicted octanol–water partition coefficient (Wildman–Crippen LogP) is 19.7. The van der Waals surface area contributed by atoms with Gasteiger partial charge in [0.2, 0.25) is 0 Å². The largest absolute Gasteiger partial charge is 0.292 e. The van der Waals surface area contributed by atoms with Crippen molar-refractivity contribution in [3.63, 3.8) is 0 Å². The van der Waals surface area contributed by atoms with Gasteiger partial charge in [0.15, 0.2) is 0 Å². The fourth-order valence-corrected chi connectivity index (χ4v) is 11.6. The standard InChI is InChI=1S/C74H70N6/c1-5-9-21-59-47-67-69(49-61(59)23-11-7-3)79(63-25-15-13-16-26-63)73(77-67)57-43-35-53(36-44-57)51-31-39-55(40-32-51)71-72(76-66-30-20-19-29-65(66)75-71)56-41-33-52(34-42-56)54-37-45-58(46-38-54)74-78-68-48-60(22-10-6-2)62(24-12-8-4)50-70(68)80(74)64-27-17-14-18-28-64/h13-20,25-50H,5-12,21-24H2,1-4H3. The molecule has 0 radical (unpaired) electrons. The van der Waals surface area contributed by atoms with E-state index in [2.05, 4.69) is 219 Å². The second-order valence-corrected chi connectivity index (χ2v) is 21.6. The molecule has 0 aliphatic rings. The SMILES string of the molecule is CCCCc1cc2nc(-c3ccc(-c4ccc(-c5nc6ccccc6nc5-c5ccc(-c6ccc(-c7nc8cc(CCCC)c(CCCC)cc8n7-c7ccccc7)cc6)cc5)cc4)cc3)n(-c3ccccc3)c2cc1CCCC. The van der Waals surface area contributed by atoms with Crippen LogP contribution >= 0.6 is 0 Å². The molecule has 0 atom stereocenters. The fraction of sp³-hybridized carbons (Fsp3) is 0.216. The van der Waals surface area contributed by atoms with Crippen LogP contribution in [0.5, 0.6) is 0 Å². The number of aryl methyl sites for hydroxylation is 4. The van der Waals surface area contributed by atoms with Crippen LogP contribution in [0.4, 0.5) is 0 Å². The van der Waals surface area contributed by atoms with Crippen molar-refractivity contribution in [2.24, 2.45) is 0 Å². The Hall–Kier alpha value is -8.74.